The van der Waals surface area contributed by atoms with Gasteiger partial charge in [-0.25, -0.2) is 4.98 Å². The van der Waals surface area contributed by atoms with Crippen molar-refractivity contribution in [1.82, 2.24) is 4.98 Å². The monoisotopic (exact) mass is 281 g/mol. The van der Waals surface area contributed by atoms with E-state index in [-0.39, 0.29) is 17.5 Å². The van der Waals surface area contributed by atoms with Crippen molar-refractivity contribution in [2.45, 2.75) is 51.0 Å². The number of hydrogen-bond acceptors (Lipinski definition) is 5. The summed E-state index contributed by atoms with van der Waals surface area (Å²) < 4.78 is 11.0. The molecule has 0 amide bonds. The number of thiazole rings is 1. The molecular formula is C14H19NO3S. The third-order valence-corrected chi connectivity index (χ3v) is 5.34. The average molecular weight is 281 g/mol. The quantitative estimate of drug-likeness (QED) is 0.799. The van der Waals surface area contributed by atoms with E-state index in [1.165, 1.54) is 4.88 Å². The van der Waals surface area contributed by atoms with Gasteiger partial charge in [0.15, 0.2) is 0 Å². The summed E-state index contributed by atoms with van der Waals surface area (Å²) in [5.74, 6) is -0.291. The van der Waals surface area contributed by atoms with Crippen LogP contribution < -0.4 is 0 Å². The van der Waals surface area contributed by atoms with E-state index < -0.39 is 0 Å². The number of fused-ring (bicyclic) bond motifs is 1. The number of esters is 1. The summed E-state index contributed by atoms with van der Waals surface area (Å²) in [5.41, 5.74) is 0.698. The molecule has 0 radical (unpaired) electrons. The first-order chi connectivity index (χ1) is 9.14. The lowest BCUT2D eigenvalue weighted by molar-refractivity contribution is -0.145. The van der Waals surface area contributed by atoms with Crippen molar-refractivity contribution in [3.05, 3.63) is 15.6 Å². The van der Waals surface area contributed by atoms with Gasteiger partial charge < -0.3 is 9.47 Å². The Morgan fingerprint density at radius 2 is 2.47 bits per heavy atom. The third kappa shape index (κ3) is 2.19. The molecule has 1 aromatic heterocycles. The molecule has 19 heavy (non-hydrogen) atoms. The van der Waals surface area contributed by atoms with Gasteiger partial charge >= 0.3 is 5.97 Å². The number of aromatic nitrogens is 1. The van der Waals surface area contributed by atoms with Crippen molar-refractivity contribution in [3.8, 4) is 0 Å². The van der Waals surface area contributed by atoms with Crippen LogP contribution in [0.1, 0.15) is 54.6 Å². The van der Waals surface area contributed by atoms with Gasteiger partial charge in [-0.2, -0.15) is 0 Å². The van der Waals surface area contributed by atoms with Crippen LogP contribution in [0.4, 0.5) is 0 Å². The molecule has 2 atom stereocenters. The minimum absolute atomic E-state index is 0.129. The van der Waals surface area contributed by atoms with Crippen molar-refractivity contribution in [2.24, 2.45) is 0 Å². The van der Waals surface area contributed by atoms with Crippen LogP contribution in [0.15, 0.2) is 0 Å². The number of ether oxygens (including phenoxy) is 2. The zero-order valence-electron chi connectivity index (χ0n) is 11.4. The van der Waals surface area contributed by atoms with E-state index in [0.717, 1.165) is 43.0 Å². The molecule has 3 rings (SSSR count). The summed E-state index contributed by atoms with van der Waals surface area (Å²) in [7, 11) is 0. The topological polar surface area (TPSA) is 48.4 Å². The second-order valence-corrected chi connectivity index (χ2v) is 6.44. The molecule has 1 saturated heterocycles. The van der Waals surface area contributed by atoms with Crippen molar-refractivity contribution in [3.63, 3.8) is 0 Å². The van der Waals surface area contributed by atoms with Gasteiger partial charge in [0.05, 0.1) is 12.3 Å². The highest BCUT2D eigenvalue weighted by atomic mass is 32.1. The predicted octanol–water partition coefficient (Wildman–Crippen LogP) is 2.76. The molecule has 0 aromatic carbocycles. The number of carbonyl (C=O) groups is 1. The fraction of sp³-hybridized carbons (Fsp3) is 0.714. The SMILES string of the molecule is CCOC(=O)C1CCc2sc(C3(C)CCCO3)nc21. The molecule has 0 bridgehead atoms. The first kappa shape index (κ1) is 13.1. The molecule has 104 valence electrons. The highest BCUT2D eigenvalue weighted by molar-refractivity contribution is 7.12. The van der Waals surface area contributed by atoms with E-state index >= 15 is 0 Å². The fourth-order valence-corrected chi connectivity index (χ4v) is 4.14. The van der Waals surface area contributed by atoms with Gasteiger partial charge in [0, 0.05) is 11.5 Å². The number of hydrogen-bond donors (Lipinski definition) is 0. The molecule has 1 aliphatic carbocycles. The van der Waals surface area contributed by atoms with E-state index in [9.17, 15) is 4.79 Å². The lowest BCUT2D eigenvalue weighted by Crippen LogP contribution is -2.20. The second-order valence-electron chi connectivity index (χ2n) is 5.35. The van der Waals surface area contributed by atoms with Crippen LogP contribution in [0.3, 0.4) is 0 Å². The van der Waals surface area contributed by atoms with Gasteiger partial charge in [-0.3, -0.25) is 4.79 Å². The largest absolute Gasteiger partial charge is 0.465 e. The molecule has 1 fully saturated rings. The Bertz CT molecular complexity index is 491. The van der Waals surface area contributed by atoms with Crippen molar-refractivity contribution < 1.29 is 14.3 Å². The standard InChI is InChI=1S/C14H19NO3S/c1-3-17-12(16)9-5-6-10-11(9)15-13(19-10)14(2)7-4-8-18-14/h9H,3-8H2,1-2H3. The summed E-state index contributed by atoms with van der Waals surface area (Å²) >= 11 is 1.71. The van der Waals surface area contributed by atoms with Crippen LogP contribution >= 0.6 is 11.3 Å². The zero-order chi connectivity index (χ0) is 13.5. The van der Waals surface area contributed by atoms with E-state index in [0.29, 0.717) is 6.61 Å². The molecule has 1 aliphatic heterocycles. The summed E-state index contributed by atoms with van der Waals surface area (Å²) in [4.78, 5) is 17.9. The molecule has 1 aromatic rings. The first-order valence-corrected chi connectivity index (χ1v) is 7.76. The summed E-state index contributed by atoms with van der Waals surface area (Å²) in [6.45, 7) is 5.19. The molecule has 2 heterocycles. The molecule has 2 aliphatic rings. The van der Waals surface area contributed by atoms with E-state index in [4.69, 9.17) is 14.5 Å². The minimum atomic E-state index is -0.242. The first-order valence-electron chi connectivity index (χ1n) is 6.94. The van der Waals surface area contributed by atoms with Gasteiger partial charge in [-0.1, -0.05) is 0 Å². The number of rotatable bonds is 3. The maximum atomic E-state index is 11.9. The maximum absolute atomic E-state index is 11.9. The Labute approximate surface area is 117 Å². The number of carbonyl (C=O) groups excluding carboxylic acids is 1. The van der Waals surface area contributed by atoms with Gasteiger partial charge in [0.2, 0.25) is 0 Å². The summed E-state index contributed by atoms with van der Waals surface area (Å²) in [5, 5.41) is 1.03. The molecule has 0 spiro atoms. The Kier molecular flexibility index (Phi) is 3.35. The highest BCUT2D eigenvalue weighted by Crippen LogP contribution is 2.43. The summed E-state index contributed by atoms with van der Waals surface area (Å²) in [6, 6.07) is 0. The predicted molar refractivity (Wildman–Crippen MR) is 72.3 cm³/mol. The number of aryl methyl sites for hydroxylation is 1. The van der Waals surface area contributed by atoms with Crippen LogP contribution in [-0.2, 0) is 26.3 Å². The van der Waals surface area contributed by atoms with Crippen LogP contribution in [0, 0.1) is 0 Å². The van der Waals surface area contributed by atoms with Crippen molar-refractivity contribution >= 4 is 17.3 Å². The maximum Gasteiger partial charge on any atom is 0.315 e. The Hall–Kier alpha value is -0.940. The van der Waals surface area contributed by atoms with E-state index in [1.807, 2.05) is 6.92 Å². The molecule has 0 saturated carbocycles. The van der Waals surface area contributed by atoms with Gasteiger partial charge in [-0.05, 0) is 39.5 Å². The minimum Gasteiger partial charge on any atom is -0.465 e. The zero-order valence-corrected chi connectivity index (χ0v) is 12.2. The van der Waals surface area contributed by atoms with Crippen LogP contribution in [0.25, 0.3) is 0 Å². The average Bonchev–Trinajstić information content (AvgIpc) is 3.03. The molecule has 2 unspecified atom stereocenters. The lowest BCUT2D eigenvalue weighted by Gasteiger charge is -2.20. The van der Waals surface area contributed by atoms with Crippen LogP contribution in [0.5, 0.6) is 0 Å². The fourth-order valence-electron chi connectivity index (χ4n) is 2.87. The molecular weight excluding hydrogens is 262 g/mol. The molecule has 4 nitrogen and oxygen atoms in total. The molecule has 0 N–H and O–H groups in total. The van der Waals surface area contributed by atoms with Crippen LogP contribution in [-0.4, -0.2) is 24.2 Å². The van der Waals surface area contributed by atoms with E-state index in [1.54, 1.807) is 11.3 Å². The summed E-state index contributed by atoms with van der Waals surface area (Å²) in [6.07, 6.45) is 3.88. The normalized spacial score (nSPS) is 29.5. The highest BCUT2D eigenvalue weighted by Gasteiger charge is 2.39. The second kappa shape index (κ2) is 4.87. The Morgan fingerprint density at radius 3 is 3.16 bits per heavy atom. The Balaban J connectivity index is 1.86. The number of nitrogens with zero attached hydrogens (tertiary/aromatic N) is 1. The smallest absolute Gasteiger partial charge is 0.315 e. The van der Waals surface area contributed by atoms with Crippen molar-refractivity contribution in [1.29, 1.82) is 0 Å². The van der Waals surface area contributed by atoms with Crippen LogP contribution in [0.2, 0.25) is 0 Å². The van der Waals surface area contributed by atoms with Gasteiger partial charge in [-0.15, -0.1) is 11.3 Å². The van der Waals surface area contributed by atoms with Gasteiger partial charge in [0.1, 0.15) is 16.5 Å². The molecule has 5 heteroatoms. The Morgan fingerprint density at radius 1 is 1.63 bits per heavy atom. The van der Waals surface area contributed by atoms with Gasteiger partial charge in [0.25, 0.3) is 0 Å². The van der Waals surface area contributed by atoms with Crippen molar-refractivity contribution in [2.75, 3.05) is 13.2 Å². The third-order valence-electron chi connectivity index (χ3n) is 3.96. The van der Waals surface area contributed by atoms with E-state index in [2.05, 4.69) is 6.92 Å². The lowest BCUT2D eigenvalue weighted by atomic mass is 10.0.